The highest BCUT2D eigenvalue weighted by Crippen LogP contribution is 2.21. The van der Waals surface area contributed by atoms with Crippen LogP contribution in [0.25, 0.3) is 0 Å². The number of carbonyl (C=O) groups excluding carboxylic acids is 3. The zero-order valence-corrected chi connectivity index (χ0v) is 17.4. The van der Waals surface area contributed by atoms with Gasteiger partial charge in [-0.15, -0.1) is 0 Å². The van der Waals surface area contributed by atoms with Crippen molar-refractivity contribution in [2.24, 2.45) is 0 Å². The molecule has 1 aromatic heterocycles. The van der Waals surface area contributed by atoms with Crippen molar-refractivity contribution in [2.75, 3.05) is 14.2 Å². The Hall–Kier alpha value is -3.22. The molecule has 30 heavy (non-hydrogen) atoms. The summed E-state index contributed by atoms with van der Waals surface area (Å²) < 4.78 is 9.74. The molecule has 0 fully saturated rings. The van der Waals surface area contributed by atoms with Crippen LogP contribution in [0.5, 0.6) is 5.75 Å². The van der Waals surface area contributed by atoms with E-state index < -0.39 is 6.04 Å². The highest BCUT2D eigenvalue weighted by atomic mass is 16.5. The number of nitrogens with zero attached hydrogens (tertiary/aromatic N) is 1. The molecule has 160 valence electrons. The summed E-state index contributed by atoms with van der Waals surface area (Å²) in [5.74, 6) is 0.0511. The summed E-state index contributed by atoms with van der Waals surface area (Å²) >= 11 is 0. The highest BCUT2D eigenvalue weighted by molar-refractivity contribution is 6.02. The van der Waals surface area contributed by atoms with Gasteiger partial charge in [0.2, 0.25) is 5.91 Å². The van der Waals surface area contributed by atoms with Gasteiger partial charge in [0.15, 0.2) is 5.78 Å². The van der Waals surface area contributed by atoms with Crippen LogP contribution in [0.1, 0.15) is 60.5 Å². The second-order valence-corrected chi connectivity index (χ2v) is 6.86. The molecule has 0 aliphatic heterocycles. The van der Waals surface area contributed by atoms with Crippen molar-refractivity contribution in [1.82, 2.24) is 10.3 Å². The van der Waals surface area contributed by atoms with Gasteiger partial charge in [0.25, 0.3) is 0 Å². The third-order valence-electron chi connectivity index (χ3n) is 4.74. The molecule has 1 atom stereocenters. The number of nitrogens with one attached hydrogen (secondary N) is 1. The Labute approximate surface area is 176 Å². The average Bonchev–Trinajstić information content (AvgIpc) is 2.79. The molecule has 2 aromatic rings. The number of pyridine rings is 1. The number of rotatable bonds is 12. The van der Waals surface area contributed by atoms with E-state index in [9.17, 15) is 14.4 Å². The molecule has 1 unspecified atom stereocenters. The molecule has 7 heteroatoms. The Morgan fingerprint density at radius 2 is 1.53 bits per heavy atom. The first-order valence-electron chi connectivity index (χ1n) is 9.99. The molecular formula is C23H28N2O5. The van der Waals surface area contributed by atoms with Crippen molar-refractivity contribution in [1.29, 1.82) is 0 Å². The van der Waals surface area contributed by atoms with Crippen molar-refractivity contribution in [3.63, 3.8) is 0 Å². The summed E-state index contributed by atoms with van der Waals surface area (Å²) in [4.78, 5) is 40.6. The normalized spacial score (nSPS) is 11.4. The number of ether oxygens (including phenoxy) is 2. The average molecular weight is 412 g/mol. The van der Waals surface area contributed by atoms with Crippen LogP contribution >= 0.6 is 0 Å². The maximum Gasteiger partial charge on any atom is 0.305 e. The molecule has 0 bridgehead atoms. The Morgan fingerprint density at radius 1 is 0.900 bits per heavy atom. The SMILES string of the molecule is COC(=O)CCCCCCC(=O)NC(C(=O)c1ccc(OC)cc1)c1ccncc1. The van der Waals surface area contributed by atoms with Crippen LogP contribution in [0.3, 0.4) is 0 Å². The van der Waals surface area contributed by atoms with Gasteiger partial charge in [-0.05, 0) is 54.8 Å². The predicted molar refractivity (Wildman–Crippen MR) is 112 cm³/mol. The van der Waals surface area contributed by atoms with E-state index in [-0.39, 0.29) is 17.7 Å². The van der Waals surface area contributed by atoms with Crippen LogP contribution in [-0.4, -0.2) is 36.9 Å². The molecule has 2 rings (SSSR count). The van der Waals surface area contributed by atoms with Crippen LogP contribution in [0.4, 0.5) is 0 Å². The molecular weight excluding hydrogens is 384 g/mol. The maximum absolute atomic E-state index is 13.1. The van der Waals surface area contributed by atoms with E-state index in [2.05, 4.69) is 15.0 Å². The summed E-state index contributed by atoms with van der Waals surface area (Å²) in [6, 6.07) is 9.46. The van der Waals surface area contributed by atoms with Gasteiger partial charge in [-0.2, -0.15) is 0 Å². The van der Waals surface area contributed by atoms with Crippen LogP contribution in [0.15, 0.2) is 48.8 Å². The summed E-state index contributed by atoms with van der Waals surface area (Å²) in [7, 11) is 2.94. The molecule has 1 heterocycles. The van der Waals surface area contributed by atoms with Gasteiger partial charge in [-0.25, -0.2) is 0 Å². The summed E-state index contributed by atoms with van der Waals surface area (Å²) in [6.45, 7) is 0. The number of carbonyl (C=O) groups is 3. The fourth-order valence-electron chi connectivity index (χ4n) is 3.02. The van der Waals surface area contributed by atoms with Gasteiger partial charge in [-0.3, -0.25) is 19.4 Å². The number of esters is 1. The summed E-state index contributed by atoms with van der Waals surface area (Å²) in [5.41, 5.74) is 1.16. The Balaban J connectivity index is 1.94. The number of amides is 1. The predicted octanol–water partition coefficient (Wildman–Crippen LogP) is 3.64. The van der Waals surface area contributed by atoms with Gasteiger partial charge in [-0.1, -0.05) is 12.8 Å². The second kappa shape index (κ2) is 12.4. The number of hydrogen-bond donors (Lipinski definition) is 1. The number of Topliss-reactive ketones (excluding diaryl/α,β-unsaturated/α-hetero) is 1. The Morgan fingerprint density at radius 3 is 2.13 bits per heavy atom. The van der Waals surface area contributed by atoms with E-state index in [1.807, 2.05) is 0 Å². The van der Waals surface area contributed by atoms with E-state index >= 15 is 0 Å². The van der Waals surface area contributed by atoms with Crippen molar-refractivity contribution >= 4 is 17.7 Å². The lowest BCUT2D eigenvalue weighted by Crippen LogP contribution is -2.33. The maximum atomic E-state index is 13.1. The Bertz CT molecular complexity index is 821. The number of benzene rings is 1. The lowest BCUT2D eigenvalue weighted by Gasteiger charge is -2.18. The molecule has 0 aliphatic carbocycles. The molecule has 0 spiro atoms. The Kier molecular flexibility index (Phi) is 9.51. The van der Waals surface area contributed by atoms with Crippen LogP contribution in [0, 0.1) is 0 Å². The molecule has 1 aromatic carbocycles. The second-order valence-electron chi connectivity index (χ2n) is 6.86. The quantitative estimate of drug-likeness (QED) is 0.325. The van der Waals surface area contributed by atoms with E-state index in [4.69, 9.17) is 4.74 Å². The number of hydrogen-bond acceptors (Lipinski definition) is 6. The number of methoxy groups -OCH3 is 2. The highest BCUT2D eigenvalue weighted by Gasteiger charge is 2.24. The number of ketones is 1. The van der Waals surface area contributed by atoms with Crippen LogP contribution in [0.2, 0.25) is 0 Å². The van der Waals surface area contributed by atoms with Gasteiger partial charge in [0.1, 0.15) is 11.8 Å². The van der Waals surface area contributed by atoms with Gasteiger partial charge < -0.3 is 14.8 Å². The molecule has 1 amide bonds. The van der Waals surface area contributed by atoms with E-state index in [1.54, 1.807) is 55.9 Å². The summed E-state index contributed by atoms with van der Waals surface area (Å²) in [6.07, 6.45) is 7.00. The molecule has 0 aliphatic rings. The van der Waals surface area contributed by atoms with E-state index in [1.165, 1.54) is 7.11 Å². The third-order valence-corrected chi connectivity index (χ3v) is 4.74. The topological polar surface area (TPSA) is 94.6 Å². The first kappa shape index (κ1) is 23.1. The zero-order valence-electron chi connectivity index (χ0n) is 17.4. The van der Waals surface area contributed by atoms with Gasteiger partial charge >= 0.3 is 5.97 Å². The minimum absolute atomic E-state index is 0.188. The monoisotopic (exact) mass is 412 g/mol. The van der Waals surface area contributed by atoms with Gasteiger partial charge in [0, 0.05) is 30.8 Å². The smallest absolute Gasteiger partial charge is 0.305 e. The fourth-order valence-corrected chi connectivity index (χ4v) is 3.02. The molecule has 0 saturated carbocycles. The number of unbranched alkanes of at least 4 members (excludes halogenated alkanes) is 3. The lowest BCUT2D eigenvalue weighted by atomic mass is 9.97. The van der Waals surface area contributed by atoms with E-state index in [0.29, 0.717) is 36.1 Å². The van der Waals surface area contributed by atoms with Crippen molar-refractivity contribution < 1.29 is 23.9 Å². The van der Waals surface area contributed by atoms with E-state index in [0.717, 1.165) is 19.3 Å². The zero-order chi connectivity index (χ0) is 21.8. The standard InChI is InChI=1S/C23H28N2O5/c1-29-19-11-9-18(10-12-19)23(28)22(17-13-15-24-16-14-17)25-20(26)7-5-3-4-6-8-21(27)30-2/h9-16,22H,3-8H2,1-2H3,(H,25,26). The third kappa shape index (κ3) is 7.31. The first-order chi connectivity index (χ1) is 14.5. The number of aromatic nitrogens is 1. The molecule has 0 radical (unpaired) electrons. The largest absolute Gasteiger partial charge is 0.497 e. The summed E-state index contributed by atoms with van der Waals surface area (Å²) in [5, 5.41) is 2.86. The van der Waals surface area contributed by atoms with Crippen molar-refractivity contribution in [2.45, 2.75) is 44.6 Å². The van der Waals surface area contributed by atoms with Crippen LogP contribution in [-0.2, 0) is 14.3 Å². The lowest BCUT2D eigenvalue weighted by molar-refractivity contribution is -0.140. The molecule has 1 N–H and O–H groups in total. The van der Waals surface area contributed by atoms with Crippen molar-refractivity contribution in [3.8, 4) is 5.75 Å². The fraction of sp³-hybridized carbons (Fsp3) is 0.391. The van der Waals surface area contributed by atoms with Crippen molar-refractivity contribution in [3.05, 3.63) is 59.9 Å². The minimum Gasteiger partial charge on any atom is -0.497 e. The van der Waals surface area contributed by atoms with Crippen LogP contribution < -0.4 is 10.1 Å². The van der Waals surface area contributed by atoms with Gasteiger partial charge in [0.05, 0.1) is 14.2 Å². The first-order valence-corrected chi connectivity index (χ1v) is 9.99. The molecule has 0 saturated heterocycles. The molecule has 7 nitrogen and oxygen atoms in total. The minimum atomic E-state index is -0.784.